The van der Waals surface area contributed by atoms with Gasteiger partial charge in [0.15, 0.2) is 12.1 Å². The van der Waals surface area contributed by atoms with Crippen molar-refractivity contribution in [3.8, 4) is 34.3 Å². The molecule has 1 saturated heterocycles. The summed E-state index contributed by atoms with van der Waals surface area (Å²) in [7, 11) is 1.48. The Hall–Kier alpha value is -5.37. The number of aromatic nitrogens is 3. The van der Waals surface area contributed by atoms with E-state index >= 15 is 0 Å². The van der Waals surface area contributed by atoms with Crippen LogP contribution in [0.15, 0.2) is 57.4 Å². The minimum atomic E-state index is -1.58. The van der Waals surface area contributed by atoms with E-state index in [0.717, 1.165) is 11.6 Å². The Morgan fingerprint density at radius 3 is 2.41 bits per heavy atom. The second-order valence-electron chi connectivity index (χ2n) is 12.6. The number of methoxy groups -OCH3 is 1. The zero-order valence-corrected chi connectivity index (χ0v) is 29.6. The Bertz CT molecular complexity index is 2040. The van der Waals surface area contributed by atoms with E-state index in [1.165, 1.54) is 18.0 Å². The highest BCUT2D eigenvalue weighted by molar-refractivity contribution is 5.92. The summed E-state index contributed by atoms with van der Waals surface area (Å²) in [5.74, 6) is -2.83. The summed E-state index contributed by atoms with van der Waals surface area (Å²) >= 11 is 0. The lowest BCUT2D eigenvalue weighted by Crippen LogP contribution is -2.59. The number of allylic oxidation sites excluding steroid dienone is 2. The Balaban J connectivity index is 1.21. The lowest BCUT2D eigenvalue weighted by atomic mass is 9.99. The monoisotopic (exact) mass is 755 g/mol. The average molecular weight is 756 g/mol. The van der Waals surface area contributed by atoms with E-state index in [2.05, 4.69) is 10.3 Å². The minimum Gasteiger partial charge on any atom is -0.507 e. The average Bonchev–Trinajstić information content (AvgIpc) is 3.61. The van der Waals surface area contributed by atoms with E-state index in [0.29, 0.717) is 11.3 Å². The number of esters is 2. The van der Waals surface area contributed by atoms with Crippen LogP contribution in [-0.4, -0.2) is 109 Å². The molecule has 0 spiro atoms. The molecule has 1 fully saturated rings. The second-order valence-corrected chi connectivity index (χ2v) is 12.6. The van der Waals surface area contributed by atoms with Crippen molar-refractivity contribution in [2.45, 2.75) is 77.0 Å². The molecule has 4 aromatic rings. The van der Waals surface area contributed by atoms with Gasteiger partial charge >= 0.3 is 11.9 Å². The summed E-state index contributed by atoms with van der Waals surface area (Å²) in [5, 5.41) is 68.0. The van der Waals surface area contributed by atoms with Crippen LogP contribution in [0.5, 0.6) is 23.0 Å². The fraction of sp³-hybridized carbons (Fsp3) is 0.417. The third-order valence-electron chi connectivity index (χ3n) is 8.42. The maximum Gasteiger partial charge on any atom is 0.312 e. The first-order valence-electron chi connectivity index (χ1n) is 16.8. The highest BCUT2D eigenvalue weighted by atomic mass is 16.7. The molecule has 2 aromatic heterocycles. The topological polar surface area (TPSA) is 263 Å². The van der Waals surface area contributed by atoms with Crippen molar-refractivity contribution >= 4 is 22.9 Å². The molecule has 290 valence electrons. The number of benzene rings is 2. The van der Waals surface area contributed by atoms with Crippen LogP contribution in [0, 0.1) is 0 Å². The molecular formula is C36H41N3O15. The van der Waals surface area contributed by atoms with Crippen molar-refractivity contribution in [1.29, 1.82) is 0 Å². The molecule has 0 radical (unpaired) electrons. The van der Waals surface area contributed by atoms with E-state index in [9.17, 15) is 45.0 Å². The predicted molar refractivity (Wildman–Crippen MR) is 185 cm³/mol. The maximum atomic E-state index is 13.8. The van der Waals surface area contributed by atoms with Gasteiger partial charge in [0, 0.05) is 17.2 Å². The van der Waals surface area contributed by atoms with Crippen LogP contribution in [-0.2, 0) is 43.4 Å². The number of aromatic hydroxyl groups is 2. The molecule has 0 aliphatic carbocycles. The van der Waals surface area contributed by atoms with Gasteiger partial charge in [-0.1, -0.05) is 16.9 Å². The van der Waals surface area contributed by atoms with Gasteiger partial charge in [0.2, 0.25) is 11.2 Å². The van der Waals surface area contributed by atoms with Crippen molar-refractivity contribution in [3.63, 3.8) is 0 Å². The third kappa shape index (κ3) is 9.22. The normalized spacial score (nSPS) is 19.7. The van der Waals surface area contributed by atoms with E-state index in [1.54, 1.807) is 30.3 Å². The highest BCUT2D eigenvalue weighted by Crippen LogP contribution is 2.39. The molecule has 54 heavy (non-hydrogen) atoms. The van der Waals surface area contributed by atoms with Gasteiger partial charge in [-0.25, -0.2) is 4.68 Å². The van der Waals surface area contributed by atoms with E-state index in [4.69, 9.17) is 28.1 Å². The fourth-order valence-electron chi connectivity index (χ4n) is 5.48. The molecular weight excluding hydrogens is 714 g/mol. The lowest BCUT2D eigenvalue weighted by Gasteiger charge is -2.39. The number of phenolic OH excluding ortho intramolecular Hbond substituents is 2. The Morgan fingerprint density at radius 2 is 1.72 bits per heavy atom. The molecule has 5 rings (SSSR count). The number of ether oxygens (including phenoxy) is 5. The number of phenols is 2. The highest BCUT2D eigenvalue weighted by Gasteiger charge is 2.44. The van der Waals surface area contributed by atoms with Gasteiger partial charge in [0.05, 0.1) is 45.9 Å². The number of carbonyl (C=O) groups excluding carboxylic acids is 2. The minimum absolute atomic E-state index is 0.0672. The molecule has 0 amide bonds. The van der Waals surface area contributed by atoms with Crippen LogP contribution < -0.4 is 14.9 Å². The van der Waals surface area contributed by atoms with Gasteiger partial charge in [-0.2, -0.15) is 0 Å². The zero-order chi connectivity index (χ0) is 39.1. The number of carbonyl (C=O) groups is 2. The first kappa shape index (κ1) is 39.8. The molecule has 5 atom stereocenters. The molecule has 1 aliphatic heterocycles. The molecule has 0 bridgehead atoms. The van der Waals surface area contributed by atoms with E-state index in [-0.39, 0.29) is 59.9 Å². The smallest absolute Gasteiger partial charge is 0.312 e. The summed E-state index contributed by atoms with van der Waals surface area (Å²) in [5.41, 5.74) is 0.769. The number of aliphatic hydroxyl groups is 4. The Morgan fingerprint density at radius 1 is 1.00 bits per heavy atom. The quantitative estimate of drug-likeness (QED) is 0.0736. The molecule has 2 aromatic carbocycles. The van der Waals surface area contributed by atoms with Crippen LogP contribution in [0.25, 0.3) is 22.3 Å². The number of rotatable bonds is 15. The van der Waals surface area contributed by atoms with Gasteiger partial charge in [0.1, 0.15) is 64.9 Å². The summed E-state index contributed by atoms with van der Waals surface area (Å²) in [6.07, 6.45) is -4.56. The molecule has 0 unspecified atom stereocenters. The number of fused-ring (bicyclic) bond motifs is 1. The van der Waals surface area contributed by atoms with Crippen LogP contribution in [0.3, 0.4) is 0 Å². The van der Waals surface area contributed by atoms with Gasteiger partial charge < -0.3 is 58.7 Å². The standard InChI is InChI=1S/C36H41N3O15/c1-18(2)4-9-22-23(41)14-24(42)28-30(46)35(33(54-34(22)28)19-5-7-21(49-3)8-6-19)53-27(44)11-10-26(43)51-17-20-15-39(38-37-20)12-13-50-36-32(48)31(47)29(45)25(16-40)52-36/h4-8,14-15,25,29,31-32,36,40-42,45,47-48H,9-13,16-17H2,1-3H3/t25-,29-,31+,32-,36-/m1/s1. The maximum absolute atomic E-state index is 13.8. The summed E-state index contributed by atoms with van der Waals surface area (Å²) in [6.45, 7) is 2.87. The summed E-state index contributed by atoms with van der Waals surface area (Å²) in [6, 6.07) is 7.35. The van der Waals surface area contributed by atoms with Crippen LogP contribution >= 0.6 is 0 Å². The molecule has 18 nitrogen and oxygen atoms in total. The zero-order valence-electron chi connectivity index (χ0n) is 29.6. The van der Waals surface area contributed by atoms with Gasteiger partial charge in [-0.3, -0.25) is 14.4 Å². The number of nitrogens with zero attached hydrogens (tertiary/aromatic N) is 3. The first-order chi connectivity index (χ1) is 25.8. The molecule has 6 N–H and O–H groups in total. The van der Waals surface area contributed by atoms with Crippen molar-refractivity contribution in [1.82, 2.24) is 15.0 Å². The van der Waals surface area contributed by atoms with Crippen molar-refractivity contribution in [2.24, 2.45) is 0 Å². The van der Waals surface area contributed by atoms with Crippen molar-refractivity contribution in [3.05, 3.63) is 69.7 Å². The van der Waals surface area contributed by atoms with Crippen LogP contribution in [0.2, 0.25) is 0 Å². The molecule has 3 heterocycles. The van der Waals surface area contributed by atoms with Crippen molar-refractivity contribution < 1.29 is 68.3 Å². The molecule has 18 heteroatoms. The summed E-state index contributed by atoms with van der Waals surface area (Å²) in [4.78, 5) is 39.4. The van der Waals surface area contributed by atoms with Gasteiger partial charge in [0.25, 0.3) is 0 Å². The summed E-state index contributed by atoms with van der Waals surface area (Å²) < 4.78 is 34.1. The predicted octanol–water partition coefficient (Wildman–Crippen LogP) is 1.23. The number of hydrogen-bond donors (Lipinski definition) is 6. The van der Waals surface area contributed by atoms with Crippen molar-refractivity contribution in [2.75, 3.05) is 20.3 Å². The van der Waals surface area contributed by atoms with E-state index in [1.807, 2.05) is 13.8 Å². The first-order valence-corrected chi connectivity index (χ1v) is 16.8. The fourth-order valence-corrected chi connectivity index (χ4v) is 5.48. The van der Waals surface area contributed by atoms with Crippen LogP contribution in [0.4, 0.5) is 0 Å². The second kappa shape index (κ2) is 17.6. The number of hydrogen-bond acceptors (Lipinski definition) is 17. The van der Waals surface area contributed by atoms with Gasteiger partial charge in [-0.15, -0.1) is 5.10 Å². The molecule has 1 aliphatic rings. The number of aliphatic hydroxyl groups excluding tert-OH is 4. The Kier molecular flexibility index (Phi) is 13.0. The largest absolute Gasteiger partial charge is 0.507 e. The SMILES string of the molecule is COc1ccc(-c2oc3c(CC=C(C)C)c(O)cc(O)c3c(=O)c2OC(=O)CCC(=O)OCc2cn(CCO[C@@H]3O[C@H](CO)[C@@H](O)[C@H](O)[C@H]3O)nn2)cc1. The Labute approximate surface area is 307 Å². The van der Waals surface area contributed by atoms with E-state index < -0.39 is 79.0 Å². The molecule has 0 saturated carbocycles. The van der Waals surface area contributed by atoms with Gasteiger partial charge in [-0.05, 0) is 44.5 Å². The van der Waals surface area contributed by atoms with Crippen LogP contribution in [0.1, 0.15) is 37.9 Å². The third-order valence-corrected chi connectivity index (χ3v) is 8.42. The lowest BCUT2D eigenvalue weighted by molar-refractivity contribution is -0.301.